The number of hydrogen-bond donors (Lipinski definition) is 3. The van der Waals surface area contributed by atoms with Crippen LogP contribution in [-0.4, -0.2) is 50.3 Å². The van der Waals surface area contributed by atoms with E-state index in [2.05, 4.69) is 22.9 Å². The molecule has 2 unspecified atom stereocenters. The van der Waals surface area contributed by atoms with Gasteiger partial charge in [-0.05, 0) is 20.8 Å². The Bertz CT molecular complexity index is 235. The fraction of sp³-hybridized carbons (Fsp3) is 0.909. The van der Waals surface area contributed by atoms with Crippen molar-refractivity contribution in [1.82, 2.24) is 16.0 Å². The second kappa shape index (κ2) is 5.61. The van der Waals surface area contributed by atoms with Crippen molar-refractivity contribution < 1.29 is 9.53 Å². The second-order valence-corrected chi connectivity index (χ2v) is 5.08. The van der Waals surface area contributed by atoms with E-state index in [0.29, 0.717) is 19.2 Å². The summed E-state index contributed by atoms with van der Waals surface area (Å²) in [5.41, 5.74) is -0.323. The molecule has 16 heavy (non-hydrogen) atoms. The molecule has 0 aromatic rings. The Balaban J connectivity index is 2.40. The predicted molar refractivity (Wildman–Crippen MR) is 63.4 cm³/mol. The number of nitrogens with one attached hydrogen (secondary N) is 3. The summed E-state index contributed by atoms with van der Waals surface area (Å²) in [5.74, 6) is 0.0291. The van der Waals surface area contributed by atoms with Crippen molar-refractivity contribution in [2.75, 3.05) is 26.8 Å². The van der Waals surface area contributed by atoms with Crippen LogP contribution in [0.15, 0.2) is 0 Å². The van der Waals surface area contributed by atoms with Crippen LogP contribution in [0.5, 0.6) is 0 Å². The summed E-state index contributed by atoms with van der Waals surface area (Å²) in [6.45, 7) is 8.00. The molecule has 1 amide bonds. The molecule has 0 radical (unpaired) electrons. The minimum Gasteiger partial charge on any atom is -0.382 e. The lowest BCUT2D eigenvalue weighted by atomic mass is 10.1. The third-order valence-corrected chi connectivity index (χ3v) is 2.62. The largest absolute Gasteiger partial charge is 0.382 e. The third-order valence-electron chi connectivity index (χ3n) is 2.62. The van der Waals surface area contributed by atoms with Crippen LogP contribution in [-0.2, 0) is 9.53 Å². The van der Waals surface area contributed by atoms with Crippen LogP contribution in [0.1, 0.15) is 20.8 Å². The molecule has 1 rings (SSSR count). The number of carbonyl (C=O) groups excluding carboxylic acids is 1. The number of ether oxygens (including phenoxy) is 1. The highest BCUT2D eigenvalue weighted by molar-refractivity contribution is 5.82. The van der Waals surface area contributed by atoms with Crippen molar-refractivity contribution in [2.24, 2.45) is 0 Å². The van der Waals surface area contributed by atoms with Gasteiger partial charge >= 0.3 is 0 Å². The van der Waals surface area contributed by atoms with Crippen LogP contribution in [0.4, 0.5) is 0 Å². The van der Waals surface area contributed by atoms with E-state index in [9.17, 15) is 4.79 Å². The molecule has 0 aliphatic carbocycles. The summed E-state index contributed by atoms with van der Waals surface area (Å²) >= 11 is 0. The Hall–Kier alpha value is -0.650. The van der Waals surface area contributed by atoms with Crippen molar-refractivity contribution in [3.8, 4) is 0 Å². The molecular weight excluding hydrogens is 206 g/mol. The van der Waals surface area contributed by atoms with Gasteiger partial charge in [0.15, 0.2) is 0 Å². The van der Waals surface area contributed by atoms with E-state index in [4.69, 9.17) is 4.74 Å². The summed E-state index contributed by atoms with van der Waals surface area (Å²) in [4.78, 5) is 11.9. The topological polar surface area (TPSA) is 62.4 Å². The summed E-state index contributed by atoms with van der Waals surface area (Å²) in [5, 5.41) is 9.47. The molecule has 94 valence electrons. The first-order valence-corrected chi connectivity index (χ1v) is 5.72. The maximum Gasteiger partial charge on any atom is 0.238 e. The number of hydrogen-bond acceptors (Lipinski definition) is 4. The summed E-state index contributed by atoms with van der Waals surface area (Å²) < 4.78 is 5.06. The molecule has 2 atom stereocenters. The van der Waals surface area contributed by atoms with Gasteiger partial charge in [-0.3, -0.25) is 4.79 Å². The van der Waals surface area contributed by atoms with Gasteiger partial charge in [0.05, 0.1) is 18.2 Å². The average molecular weight is 229 g/mol. The smallest absolute Gasteiger partial charge is 0.238 e. The van der Waals surface area contributed by atoms with Gasteiger partial charge in [0, 0.05) is 26.2 Å². The quantitative estimate of drug-likeness (QED) is 0.607. The van der Waals surface area contributed by atoms with Crippen LogP contribution in [0.3, 0.4) is 0 Å². The van der Waals surface area contributed by atoms with E-state index in [-0.39, 0.29) is 17.5 Å². The zero-order chi connectivity index (χ0) is 12.2. The van der Waals surface area contributed by atoms with Crippen LogP contribution < -0.4 is 16.0 Å². The van der Waals surface area contributed by atoms with Gasteiger partial charge in [-0.15, -0.1) is 0 Å². The van der Waals surface area contributed by atoms with E-state index in [1.54, 1.807) is 7.11 Å². The molecule has 0 spiro atoms. The first-order chi connectivity index (χ1) is 7.44. The van der Waals surface area contributed by atoms with Crippen LogP contribution in [0.2, 0.25) is 0 Å². The predicted octanol–water partition coefficient (Wildman–Crippen LogP) is -0.522. The van der Waals surface area contributed by atoms with Gasteiger partial charge in [-0.1, -0.05) is 0 Å². The highest BCUT2D eigenvalue weighted by Gasteiger charge is 2.27. The second-order valence-electron chi connectivity index (χ2n) is 5.08. The fourth-order valence-electron chi connectivity index (χ4n) is 1.79. The van der Waals surface area contributed by atoms with Gasteiger partial charge in [0.2, 0.25) is 5.91 Å². The molecule has 0 bridgehead atoms. The Morgan fingerprint density at radius 2 is 2.12 bits per heavy atom. The maximum atomic E-state index is 11.9. The summed E-state index contributed by atoms with van der Waals surface area (Å²) in [6, 6.07) is 0.281. The molecule has 3 N–H and O–H groups in total. The van der Waals surface area contributed by atoms with Crippen molar-refractivity contribution in [3.63, 3.8) is 0 Å². The third kappa shape index (κ3) is 4.08. The molecule has 1 aliphatic heterocycles. The van der Waals surface area contributed by atoms with Crippen molar-refractivity contribution in [3.05, 3.63) is 0 Å². The zero-order valence-corrected chi connectivity index (χ0v) is 10.6. The number of amides is 1. The minimum absolute atomic E-state index is 0.0291. The van der Waals surface area contributed by atoms with E-state index in [1.165, 1.54) is 0 Å². The van der Waals surface area contributed by atoms with Crippen LogP contribution in [0, 0.1) is 0 Å². The molecule has 1 heterocycles. The fourth-order valence-corrected chi connectivity index (χ4v) is 1.79. The summed E-state index contributed by atoms with van der Waals surface area (Å²) in [6.07, 6.45) is 0. The average Bonchev–Trinajstić information content (AvgIpc) is 2.17. The molecule has 0 saturated carbocycles. The molecule has 1 saturated heterocycles. The molecule has 0 aromatic carbocycles. The van der Waals surface area contributed by atoms with Crippen LogP contribution in [0.25, 0.3) is 0 Å². The Kier molecular flexibility index (Phi) is 4.70. The zero-order valence-electron chi connectivity index (χ0n) is 10.6. The SMILES string of the molecule is COCC(C)(C)NC(=O)C1CNC(C)CN1. The van der Waals surface area contributed by atoms with Crippen LogP contribution >= 0.6 is 0 Å². The number of rotatable bonds is 4. The molecular formula is C11H23N3O2. The minimum atomic E-state index is -0.323. The lowest BCUT2D eigenvalue weighted by molar-refractivity contribution is -0.125. The van der Waals surface area contributed by atoms with E-state index >= 15 is 0 Å². The van der Waals surface area contributed by atoms with E-state index < -0.39 is 0 Å². The lowest BCUT2D eigenvalue weighted by Gasteiger charge is -2.32. The van der Waals surface area contributed by atoms with Gasteiger partial charge in [-0.25, -0.2) is 0 Å². The Morgan fingerprint density at radius 3 is 2.62 bits per heavy atom. The monoisotopic (exact) mass is 229 g/mol. The Labute approximate surface area is 97.3 Å². The standard InChI is InChI=1S/C11H23N3O2/c1-8-5-13-9(6-12-8)10(15)14-11(2,3)7-16-4/h8-9,12-13H,5-7H2,1-4H3,(H,14,15). The van der Waals surface area contributed by atoms with Crippen molar-refractivity contribution in [1.29, 1.82) is 0 Å². The van der Waals surface area contributed by atoms with E-state index in [0.717, 1.165) is 6.54 Å². The molecule has 1 aliphatic rings. The normalized spacial score (nSPS) is 26.5. The highest BCUT2D eigenvalue weighted by atomic mass is 16.5. The maximum absolute atomic E-state index is 11.9. The summed E-state index contributed by atoms with van der Waals surface area (Å²) in [7, 11) is 1.63. The van der Waals surface area contributed by atoms with Crippen molar-refractivity contribution >= 4 is 5.91 Å². The molecule has 5 heteroatoms. The van der Waals surface area contributed by atoms with Gasteiger partial charge in [0.1, 0.15) is 0 Å². The number of methoxy groups -OCH3 is 1. The first kappa shape index (κ1) is 13.4. The van der Waals surface area contributed by atoms with E-state index in [1.807, 2.05) is 13.8 Å². The molecule has 0 aromatic heterocycles. The Morgan fingerprint density at radius 1 is 1.44 bits per heavy atom. The lowest BCUT2D eigenvalue weighted by Crippen LogP contribution is -2.61. The van der Waals surface area contributed by atoms with Gasteiger partial charge in [0.25, 0.3) is 0 Å². The highest BCUT2D eigenvalue weighted by Crippen LogP contribution is 2.03. The first-order valence-electron chi connectivity index (χ1n) is 5.72. The van der Waals surface area contributed by atoms with Crippen molar-refractivity contribution in [2.45, 2.75) is 38.4 Å². The van der Waals surface area contributed by atoms with Gasteiger partial charge in [-0.2, -0.15) is 0 Å². The molecule has 5 nitrogen and oxygen atoms in total. The van der Waals surface area contributed by atoms with Gasteiger partial charge < -0.3 is 20.7 Å². The number of carbonyl (C=O) groups is 1. The molecule has 1 fully saturated rings. The number of piperazine rings is 1.